The molecule has 130 valence electrons. The van der Waals surface area contributed by atoms with Crippen molar-refractivity contribution in [2.75, 3.05) is 26.2 Å². The number of likely N-dealkylation sites (tertiary alicyclic amines) is 1. The maximum Gasteiger partial charge on any atom is 0.317 e. The molecule has 0 bridgehead atoms. The van der Waals surface area contributed by atoms with Gasteiger partial charge < -0.3 is 20.1 Å². The minimum absolute atomic E-state index is 0.0966. The Morgan fingerprint density at radius 2 is 2.17 bits per heavy atom. The van der Waals surface area contributed by atoms with Crippen molar-refractivity contribution >= 4 is 12.0 Å². The molecule has 0 radical (unpaired) electrons. The van der Waals surface area contributed by atoms with Gasteiger partial charge in [0.1, 0.15) is 0 Å². The van der Waals surface area contributed by atoms with Gasteiger partial charge in [-0.05, 0) is 50.9 Å². The van der Waals surface area contributed by atoms with E-state index in [1.807, 2.05) is 6.92 Å². The van der Waals surface area contributed by atoms with Crippen LogP contribution >= 0.6 is 0 Å². The molecule has 0 aromatic rings. The molecule has 0 aromatic heterocycles. The number of aliphatic carboxylic acids is 1. The molecule has 2 amide bonds. The summed E-state index contributed by atoms with van der Waals surface area (Å²) < 4.78 is 5.54. The van der Waals surface area contributed by atoms with Gasteiger partial charge >= 0.3 is 12.0 Å². The van der Waals surface area contributed by atoms with Crippen LogP contribution in [0, 0.1) is 17.3 Å². The number of urea groups is 1. The highest BCUT2D eigenvalue weighted by atomic mass is 16.5. The number of carboxylic acid groups (broad SMARTS) is 1. The number of nitrogens with one attached hydrogen (secondary N) is 1. The van der Waals surface area contributed by atoms with Gasteiger partial charge in [0.2, 0.25) is 0 Å². The van der Waals surface area contributed by atoms with Crippen molar-refractivity contribution in [2.45, 2.75) is 51.6 Å². The Morgan fingerprint density at radius 1 is 1.39 bits per heavy atom. The second-order valence-corrected chi connectivity index (χ2v) is 7.37. The number of ether oxygens (including phenoxy) is 1. The van der Waals surface area contributed by atoms with E-state index in [4.69, 9.17) is 4.74 Å². The second kappa shape index (κ2) is 6.67. The van der Waals surface area contributed by atoms with Gasteiger partial charge in [-0.1, -0.05) is 6.42 Å². The van der Waals surface area contributed by atoms with Crippen molar-refractivity contribution in [1.29, 1.82) is 0 Å². The average molecular weight is 324 g/mol. The summed E-state index contributed by atoms with van der Waals surface area (Å²) in [6.45, 7) is 4.42. The third-order valence-electron chi connectivity index (χ3n) is 6.01. The Bertz CT molecular complexity index is 464. The first-order chi connectivity index (χ1) is 11.0. The van der Waals surface area contributed by atoms with E-state index in [-0.39, 0.29) is 11.9 Å². The zero-order valence-electron chi connectivity index (χ0n) is 13.9. The lowest BCUT2D eigenvalue weighted by molar-refractivity contribution is -0.149. The average Bonchev–Trinajstić information content (AvgIpc) is 3.02. The number of carbonyl (C=O) groups excluding carboxylic acids is 1. The highest BCUT2D eigenvalue weighted by molar-refractivity contribution is 5.80. The predicted octanol–water partition coefficient (Wildman–Crippen LogP) is 2.09. The molecule has 1 aliphatic heterocycles. The molecule has 23 heavy (non-hydrogen) atoms. The number of hydrogen-bond donors (Lipinski definition) is 2. The minimum atomic E-state index is -0.730. The Hall–Kier alpha value is -1.30. The molecule has 0 spiro atoms. The van der Waals surface area contributed by atoms with E-state index in [1.165, 1.54) is 0 Å². The lowest BCUT2D eigenvalue weighted by Gasteiger charge is -2.35. The summed E-state index contributed by atoms with van der Waals surface area (Å²) in [4.78, 5) is 25.6. The quantitative estimate of drug-likeness (QED) is 0.784. The third-order valence-corrected chi connectivity index (χ3v) is 6.01. The van der Waals surface area contributed by atoms with Gasteiger partial charge in [-0.15, -0.1) is 0 Å². The molecule has 3 aliphatic rings. The maximum absolute atomic E-state index is 12.3. The Labute approximate surface area is 137 Å². The predicted molar refractivity (Wildman–Crippen MR) is 85.1 cm³/mol. The summed E-state index contributed by atoms with van der Waals surface area (Å²) in [6.07, 6.45) is 6.18. The molecule has 6 heteroatoms. The fraction of sp³-hybridized carbons (Fsp3) is 0.882. The van der Waals surface area contributed by atoms with Gasteiger partial charge in [-0.25, -0.2) is 4.79 Å². The van der Waals surface area contributed by atoms with Gasteiger partial charge in [0, 0.05) is 26.2 Å². The molecule has 0 aromatic carbocycles. The molecular formula is C17H28N2O4. The number of hydrogen-bond acceptors (Lipinski definition) is 3. The summed E-state index contributed by atoms with van der Waals surface area (Å²) in [5.74, 6) is 0.0474. The van der Waals surface area contributed by atoms with Crippen molar-refractivity contribution in [3.63, 3.8) is 0 Å². The Morgan fingerprint density at radius 3 is 2.83 bits per heavy atom. The number of amides is 2. The van der Waals surface area contributed by atoms with Crippen molar-refractivity contribution < 1.29 is 19.4 Å². The lowest BCUT2D eigenvalue weighted by Crippen LogP contribution is -2.42. The van der Waals surface area contributed by atoms with Crippen LogP contribution in [0.1, 0.15) is 45.4 Å². The topological polar surface area (TPSA) is 78.9 Å². The zero-order chi connectivity index (χ0) is 16.4. The zero-order valence-corrected chi connectivity index (χ0v) is 13.9. The van der Waals surface area contributed by atoms with E-state index in [9.17, 15) is 14.7 Å². The van der Waals surface area contributed by atoms with Crippen LogP contribution in [0.15, 0.2) is 0 Å². The summed E-state index contributed by atoms with van der Waals surface area (Å²) >= 11 is 0. The largest absolute Gasteiger partial charge is 0.481 e. The van der Waals surface area contributed by atoms with Crippen molar-refractivity contribution in [3.05, 3.63) is 0 Å². The molecule has 3 fully saturated rings. The molecule has 1 heterocycles. The summed E-state index contributed by atoms with van der Waals surface area (Å²) in [5, 5.41) is 12.5. The molecule has 2 atom stereocenters. The molecule has 2 aliphatic carbocycles. The summed E-state index contributed by atoms with van der Waals surface area (Å²) in [5.41, 5.74) is -0.684. The smallest absolute Gasteiger partial charge is 0.317 e. The Kier molecular flexibility index (Phi) is 4.80. The molecule has 6 nitrogen and oxygen atoms in total. The van der Waals surface area contributed by atoms with E-state index < -0.39 is 11.4 Å². The standard InChI is InChI=1S/C17H28N2O4/c1-2-23-14-8-12(9-14)5-7-18-16(22)19-10-13-4-3-6-17(13,11-19)15(20)21/h12-14H,2-11H2,1H3,(H,18,22)(H,20,21)/t12?,13-,14?,17+/m0/s1. The highest BCUT2D eigenvalue weighted by Gasteiger charge is 2.55. The van der Waals surface area contributed by atoms with Crippen LogP contribution in [0.5, 0.6) is 0 Å². The van der Waals surface area contributed by atoms with Gasteiger partial charge in [0.25, 0.3) is 0 Å². The van der Waals surface area contributed by atoms with E-state index in [1.54, 1.807) is 4.90 Å². The number of carboxylic acids is 1. The number of rotatable bonds is 6. The van der Waals surface area contributed by atoms with Crippen LogP contribution in [0.25, 0.3) is 0 Å². The van der Waals surface area contributed by atoms with Crippen molar-refractivity contribution in [3.8, 4) is 0 Å². The van der Waals surface area contributed by atoms with E-state index in [0.29, 0.717) is 38.1 Å². The SMILES string of the molecule is CCOC1CC(CCNC(=O)N2C[C@@H]3CCC[C@@]3(C(=O)O)C2)C1. The van der Waals surface area contributed by atoms with Crippen LogP contribution in [0.3, 0.4) is 0 Å². The first-order valence-corrected chi connectivity index (χ1v) is 8.93. The molecular weight excluding hydrogens is 296 g/mol. The number of nitrogens with zero attached hydrogens (tertiary/aromatic N) is 1. The number of carbonyl (C=O) groups is 2. The molecule has 3 rings (SSSR count). The van der Waals surface area contributed by atoms with Crippen LogP contribution < -0.4 is 5.32 Å². The van der Waals surface area contributed by atoms with Gasteiger partial charge in [-0.3, -0.25) is 4.79 Å². The lowest BCUT2D eigenvalue weighted by atomic mass is 9.80. The fourth-order valence-corrected chi connectivity index (χ4v) is 4.57. The molecule has 2 saturated carbocycles. The van der Waals surface area contributed by atoms with Crippen LogP contribution in [-0.4, -0.2) is 54.4 Å². The normalized spacial score (nSPS) is 35.7. The number of fused-ring (bicyclic) bond motifs is 1. The highest BCUT2D eigenvalue weighted by Crippen LogP contribution is 2.48. The molecule has 0 unspecified atom stereocenters. The van der Waals surface area contributed by atoms with E-state index in [2.05, 4.69) is 5.32 Å². The first-order valence-electron chi connectivity index (χ1n) is 8.93. The van der Waals surface area contributed by atoms with Crippen LogP contribution in [0.4, 0.5) is 4.79 Å². The van der Waals surface area contributed by atoms with Crippen LogP contribution in [-0.2, 0) is 9.53 Å². The second-order valence-electron chi connectivity index (χ2n) is 7.37. The van der Waals surface area contributed by atoms with Crippen molar-refractivity contribution in [2.24, 2.45) is 17.3 Å². The van der Waals surface area contributed by atoms with Crippen LogP contribution in [0.2, 0.25) is 0 Å². The van der Waals surface area contributed by atoms with E-state index in [0.717, 1.165) is 38.7 Å². The molecule has 1 saturated heterocycles. The summed E-state index contributed by atoms with van der Waals surface area (Å²) in [6, 6.07) is -0.0966. The van der Waals surface area contributed by atoms with Crippen molar-refractivity contribution in [1.82, 2.24) is 10.2 Å². The van der Waals surface area contributed by atoms with E-state index >= 15 is 0 Å². The minimum Gasteiger partial charge on any atom is -0.481 e. The first kappa shape index (κ1) is 16.6. The summed E-state index contributed by atoms with van der Waals surface area (Å²) in [7, 11) is 0. The fourth-order valence-electron chi connectivity index (χ4n) is 4.57. The van der Waals surface area contributed by atoms with Gasteiger partial charge in [0.05, 0.1) is 11.5 Å². The molecule has 2 N–H and O–H groups in total. The van der Waals surface area contributed by atoms with Gasteiger partial charge in [-0.2, -0.15) is 0 Å². The maximum atomic E-state index is 12.3. The monoisotopic (exact) mass is 324 g/mol. The third kappa shape index (κ3) is 3.18. The Balaban J connectivity index is 1.39. The van der Waals surface area contributed by atoms with Gasteiger partial charge in [0.15, 0.2) is 0 Å².